The van der Waals surface area contributed by atoms with Crippen LogP contribution in [0.2, 0.25) is 10.0 Å². The maximum atomic E-state index is 12.4. The molecule has 0 saturated heterocycles. The van der Waals surface area contributed by atoms with Crippen LogP contribution in [0.3, 0.4) is 0 Å². The molecule has 0 atom stereocenters. The number of nitrogens with one attached hydrogen (secondary N) is 2. The van der Waals surface area contributed by atoms with Gasteiger partial charge in [-0.15, -0.1) is 0 Å². The van der Waals surface area contributed by atoms with Crippen LogP contribution in [0.15, 0.2) is 35.2 Å². The molecule has 0 spiro atoms. The van der Waals surface area contributed by atoms with E-state index in [1.54, 1.807) is 17.7 Å². The summed E-state index contributed by atoms with van der Waals surface area (Å²) in [5, 5.41) is 8.00. The minimum Gasteiger partial charge on any atom is -0.369 e. The Labute approximate surface area is 179 Å². The molecule has 0 aliphatic carbocycles. The SMILES string of the molecule is Cc1cc(C)n(-c2cc(NCCNS(=O)(=O)c3ccc(Cl)c(Cl)c3)nc(C)n2)n1. The average molecular weight is 455 g/mol. The fraction of sp³-hybridized carbons (Fsp3) is 0.278. The second-order valence-corrected chi connectivity index (χ2v) is 8.98. The molecule has 2 aromatic heterocycles. The predicted octanol–water partition coefficient (Wildman–Crippen LogP) is 3.28. The fourth-order valence-corrected chi connectivity index (χ4v) is 4.14. The minimum atomic E-state index is -3.70. The second-order valence-electron chi connectivity index (χ2n) is 6.40. The van der Waals surface area contributed by atoms with E-state index in [-0.39, 0.29) is 16.5 Å². The lowest BCUT2D eigenvalue weighted by molar-refractivity contribution is 0.583. The van der Waals surface area contributed by atoms with Gasteiger partial charge < -0.3 is 5.32 Å². The van der Waals surface area contributed by atoms with Crippen molar-refractivity contribution >= 4 is 39.0 Å². The Morgan fingerprint density at radius 3 is 2.41 bits per heavy atom. The molecule has 8 nitrogen and oxygen atoms in total. The van der Waals surface area contributed by atoms with Gasteiger partial charge in [0.15, 0.2) is 5.82 Å². The van der Waals surface area contributed by atoms with E-state index in [2.05, 4.69) is 25.1 Å². The van der Waals surface area contributed by atoms with E-state index >= 15 is 0 Å². The van der Waals surface area contributed by atoms with Crippen LogP contribution in [0.25, 0.3) is 5.82 Å². The van der Waals surface area contributed by atoms with E-state index in [0.717, 1.165) is 11.4 Å². The number of sulfonamides is 1. The van der Waals surface area contributed by atoms with Gasteiger partial charge in [0.1, 0.15) is 11.6 Å². The highest BCUT2D eigenvalue weighted by Crippen LogP contribution is 2.24. The molecule has 11 heteroatoms. The van der Waals surface area contributed by atoms with Crippen molar-refractivity contribution in [1.29, 1.82) is 0 Å². The normalized spacial score (nSPS) is 11.6. The lowest BCUT2D eigenvalue weighted by atomic mass is 10.4. The Morgan fingerprint density at radius 2 is 1.76 bits per heavy atom. The summed E-state index contributed by atoms with van der Waals surface area (Å²) in [5.41, 5.74) is 1.85. The molecule has 3 aromatic rings. The van der Waals surface area contributed by atoms with Crippen LogP contribution < -0.4 is 10.0 Å². The highest BCUT2D eigenvalue weighted by Gasteiger charge is 2.15. The van der Waals surface area contributed by atoms with E-state index in [1.165, 1.54) is 18.2 Å². The van der Waals surface area contributed by atoms with Crippen LogP contribution in [-0.4, -0.2) is 41.3 Å². The van der Waals surface area contributed by atoms with Gasteiger partial charge in [-0.3, -0.25) is 0 Å². The summed E-state index contributed by atoms with van der Waals surface area (Å²) in [4.78, 5) is 8.80. The summed E-state index contributed by atoms with van der Waals surface area (Å²) >= 11 is 11.7. The molecule has 0 radical (unpaired) electrons. The van der Waals surface area contributed by atoms with E-state index in [4.69, 9.17) is 23.2 Å². The van der Waals surface area contributed by atoms with Crippen LogP contribution in [0.4, 0.5) is 5.82 Å². The monoisotopic (exact) mass is 454 g/mol. The van der Waals surface area contributed by atoms with Gasteiger partial charge in [0.25, 0.3) is 0 Å². The molecule has 2 heterocycles. The molecule has 0 fully saturated rings. The fourth-order valence-electron chi connectivity index (χ4n) is 2.72. The zero-order chi connectivity index (χ0) is 21.2. The Kier molecular flexibility index (Phi) is 6.42. The van der Waals surface area contributed by atoms with Crippen LogP contribution in [0.5, 0.6) is 0 Å². The van der Waals surface area contributed by atoms with Gasteiger partial charge in [0.2, 0.25) is 10.0 Å². The summed E-state index contributed by atoms with van der Waals surface area (Å²) in [6.45, 7) is 6.13. The molecule has 0 bridgehead atoms. The Balaban J connectivity index is 1.65. The number of anilines is 1. The van der Waals surface area contributed by atoms with Gasteiger partial charge in [-0.1, -0.05) is 23.2 Å². The molecular weight excluding hydrogens is 435 g/mol. The average Bonchev–Trinajstić information content (AvgIpc) is 2.99. The van der Waals surface area contributed by atoms with Crippen LogP contribution >= 0.6 is 23.2 Å². The number of hydrogen-bond donors (Lipinski definition) is 2. The number of aryl methyl sites for hydroxylation is 3. The van der Waals surface area contributed by atoms with Crippen molar-refractivity contribution in [2.75, 3.05) is 18.4 Å². The van der Waals surface area contributed by atoms with Crippen molar-refractivity contribution in [2.24, 2.45) is 0 Å². The Hall–Kier alpha value is -2.20. The number of rotatable bonds is 7. The van der Waals surface area contributed by atoms with Gasteiger partial charge in [-0.25, -0.2) is 27.8 Å². The number of hydrogen-bond acceptors (Lipinski definition) is 6. The number of halogens is 2. The molecule has 3 rings (SSSR count). The Morgan fingerprint density at radius 1 is 1.00 bits per heavy atom. The Bertz CT molecular complexity index is 1150. The first-order chi connectivity index (χ1) is 13.7. The minimum absolute atomic E-state index is 0.0524. The highest BCUT2D eigenvalue weighted by atomic mass is 35.5. The molecule has 29 heavy (non-hydrogen) atoms. The highest BCUT2D eigenvalue weighted by molar-refractivity contribution is 7.89. The zero-order valence-corrected chi connectivity index (χ0v) is 18.4. The van der Waals surface area contributed by atoms with Crippen molar-refractivity contribution in [3.05, 3.63) is 57.6 Å². The van der Waals surface area contributed by atoms with E-state index in [0.29, 0.717) is 29.0 Å². The van der Waals surface area contributed by atoms with Crippen molar-refractivity contribution in [3.63, 3.8) is 0 Å². The summed E-state index contributed by atoms with van der Waals surface area (Å²) in [6.07, 6.45) is 0. The maximum absolute atomic E-state index is 12.4. The molecular formula is C18H20Cl2N6O2S. The molecule has 154 valence electrons. The van der Waals surface area contributed by atoms with Gasteiger partial charge in [0.05, 0.1) is 20.6 Å². The maximum Gasteiger partial charge on any atom is 0.240 e. The molecule has 0 aliphatic rings. The molecule has 0 amide bonds. The second kappa shape index (κ2) is 8.66. The summed E-state index contributed by atoms with van der Waals surface area (Å²) < 4.78 is 29.0. The first-order valence-corrected chi connectivity index (χ1v) is 11.0. The number of benzene rings is 1. The van der Waals surface area contributed by atoms with Gasteiger partial charge in [0, 0.05) is 24.8 Å². The molecule has 0 saturated carbocycles. The molecule has 2 N–H and O–H groups in total. The number of nitrogens with zero attached hydrogens (tertiary/aromatic N) is 4. The van der Waals surface area contributed by atoms with Crippen LogP contribution in [-0.2, 0) is 10.0 Å². The van der Waals surface area contributed by atoms with E-state index < -0.39 is 10.0 Å². The lowest BCUT2D eigenvalue weighted by Crippen LogP contribution is -2.29. The van der Waals surface area contributed by atoms with E-state index in [9.17, 15) is 8.42 Å². The summed E-state index contributed by atoms with van der Waals surface area (Å²) in [5.74, 6) is 1.80. The third-order valence-electron chi connectivity index (χ3n) is 3.98. The van der Waals surface area contributed by atoms with Crippen LogP contribution in [0, 0.1) is 20.8 Å². The topological polar surface area (TPSA) is 102 Å². The van der Waals surface area contributed by atoms with Gasteiger partial charge >= 0.3 is 0 Å². The van der Waals surface area contributed by atoms with Crippen molar-refractivity contribution in [2.45, 2.75) is 25.7 Å². The van der Waals surface area contributed by atoms with Crippen molar-refractivity contribution in [3.8, 4) is 5.82 Å². The third-order valence-corrected chi connectivity index (χ3v) is 6.17. The summed E-state index contributed by atoms with van der Waals surface area (Å²) in [7, 11) is -3.70. The van der Waals surface area contributed by atoms with Gasteiger partial charge in [-0.2, -0.15) is 5.10 Å². The smallest absolute Gasteiger partial charge is 0.240 e. The van der Waals surface area contributed by atoms with Crippen molar-refractivity contribution < 1.29 is 8.42 Å². The van der Waals surface area contributed by atoms with Crippen molar-refractivity contribution in [1.82, 2.24) is 24.5 Å². The zero-order valence-electron chi connectivity index (χ0n) is 16.1. The standard InChI is InChI=1S/C18H20Cl2N6O2S/c1-11-8-12(2)26(25-11)18-10-17(23-13(3)24-18)21-6-7-22-29(27,28)14-4-5-15(19)16(20)9-14/h4-5,8-10,22H,6-7H2,1-3H3,(H,21,23,24). The first-order valence-electron chi connectivity index (χ1n) is 8.73. The predicted molar refractivity (Wildman–Crippen MR) is 114 cm³/mol. The third kappa shape index (κ3) is 5.24. The molecule has 0 unspecified atom stereocenters. The van der Waals surface area contributed by atoms with Crippen LogP contribution in [0.1, 0.15) is 17.2 Å². The quantitative estimate of drug-likeness (QED) is 0.531. The lowest BCUT2D eigenvalue weighted by Gasteiger charge is -2.11. The van der Waals surface area contributed by atoms with E-state index in [1.807, 2.05) is 19.9 Å². The van der Waals surface area contributed by atoms with Gasteiger partial charge in [-0.05, 0) is 45.0 Å². The molecule has 0 aliphatic heterocycles. The number of aromatic nitrogens is 4. The first kappa shape index (κ1) is 21.5. The molecule has 1 aromatic carbocycles. The largest absolute Gasteiger partial charge is 0.369 e. The summed E-state index contributed by atoms with van der Waals surface area (Å²) in [6, 6.07) is 7.88.